The minimum absolute atomic E-state index is 0.0456. The van der Waals surface area contributed by atoms with Crippen LogP contribution in [0, 0.1) is 5.92 Å². The summed E-state index contributed by atoms with van der Waals surface area (Å²) in [5.41, 5.74) is 1.87. The third kappa shape index (κ3) is 5.88. The van der Waals surface area contributed by atoms with Crippen molar-refractivity contribution in [1.29, 1.82) is 0 Å². The molecule has 0 bridgehead atoms. The molecule has 0 aliphatic rings. The number of carbonyl (C=O) groups excluding carboxylic acids is 1. The maximum atomic E-state index is 12.1. The molecule has 6 nitrogen and oxygen atoms in total. The molecule has 1 heterocycles. The molecule has 2 aromatic rings. The monoisotopic (exact) mass is 371 g/mol. The van der Waals surface area contributed by atoms with E-state index in [1.165, 1.54) is 0 Å². The molecule has 0 unspecified atom stereocenters. The van der Waals surface area contributed by atoms with E-state index in [-0.39, 0.29) is 11.8 Å². The van der Waals surface area contributed by atoms with Gasteiger partial charge < -0.3 is 20.1 Å². The quantitative estimate of drug-likeness (QED) is 0.657. The van der Waals surface area contributed by atoms with Crippen LogP contribution in [-0.2, 0) is 11.2 Å². The second kappa shape index (κ2) is 10.4. The number of carbonyl (C=O) groups is 1. The number of rotatable bonds is 10. The molecule has 1 amide bonds. The van der Waals surface area contributed by atoms with Gasteiger partial charge in [-0.25, -0.2) is 4.98 Å². The average Bonchev–Trinajstić information content (AvgIpc) is 2.70. The van der Waals surface area contributed by atoms with Crippen LogP contribution in [0.15, 0.2) is 36.5 Å². The van der Waals surface area contributed by atoms with Crippen LogP contribution in [-0.4, -0.2) is 31.7 Å². The van der Waals surface area contributed by atoms with Gasteiger partial charge in [0.2, 0.25) is 5.91 Å². The molecule has 2 N–H and O–H groups in total. The van der Waals surface area contributed by atoms with Crippen LogP contribution in [0.5, 0.6) is 11.5 Å². The Hall–Kier alpha value is -2.76. The summed E-state index contributed by atoms with van der Waals surface area (Å²) in [6.07, 6.45) is 4.19. The summed E-state index contributed by atoms with van der Waals surface area (Å²) in [6, 6.07) is 9.64. The smallest absolute Gasteiger partial charge is 0.227 e. The zero-order chi connectivity index (χ0) is 19.6. The summed E-state index contributed by atoms with van der Waals surface area (Å²) < 4.78 is 10.6. The van der Waals surface area contributed by atoms with Gasteiger partial charge in [0, 0.05) is 12.5 Å². The molecule has 0 radical (unpaired) electrons. The molecule has 0 saturated heterocycles. The highest BCUT2D eigenvalue weighted by Crippen LogP contribution is 2.27. The third-order valence-corrected chi connectivity index (χ3v) is 4.56. The zero-order valence-corrected chi connectivity index (χ0v) is 16.5. The van der Waals surface area contributed by atoms with Crippen LogP contribution in [0.4, 0.5) is 11.5 Å². The van der Waals surface area contributed by atoms with E-state index in [2.05, 4.69) is 15.6 Å². The van der Waals surface area contributed by atoms with Gasteiger partial charge in [-0.1, -0.05) is 19.9 Å². The molecule has 0 aliphatic carbocycles. The van der Waals surface area contributed by atoms with E-state index in [0.717, 1.165) is 54.4 Å². The highest BCUT2D eigenvalue weighted by atomic mass is 16.5. The van der Waals surface area contributed by atoms with E-state index in [4.69, 9.17) is 9.47 Å². The van der Waals surface area contributed by atoms with E-state index in [9.17, 15) is 4.79 Å². The van der Waals surface area contributed by atoms with Gasteiger partial charge in [-0.3, -0.25) is 4.79 Å². The highest BCUT2D eigenvalue weighted by molar-refractivity contribution is 5.92. The van der Waals surface area contributed by atoms with Crippen molar-refractivity contribution < 1.29 is 14.3 Å². The van der Waals surface area contributed by atoms with Crippen molar-refractivity contribution in [2.45, 2.75) is 33.1 Å². The number of nitrogens with zero attached hydrogens (tertiary/aromatic N) is 1. The lowest BCUT2D eigenvalue weighted by atomic mass is 10.0. The van der Waals surface area contributed by atoms with Crippen molar-refractivity contribution in [1.82, 2.24) is 4.98 Å². The van der Waals surface area contributed by atoms with E-state index in [1.54, 1.807) is 20.4 Å². The largest absolute Gasteiger partial charge is 0.493 e. The Balaban J connectivity index is 1.86. The number of amides is 1. The molecule has 2 rings (SSSR count). The first kappa shape index (κ1) is 20.6. The number of aromatic nitrogens is 1. The first-order chi connectivity index (χ1) is 13.1. The van der Waals surface area contributed by atoms with Gasteiger partial charge in [-0.15, -0.1) is 0 Å². The molecular formula is C21H29N3O3. The molecule has 1 aromatic carbocycles. The lowest BCUT2D eigenvalue weighted by Crippen LogP contribution is -2.21. The summed E-state index contributed by atoms with van der Waals surface area (Å²) in [5.74, 6) is 2.32. The van der Waals surface area contributed by atoms with Crippen molar-refractivity contribution >= 4 is 17.4 Å². The van der Waals surface area contributed by atoms with Gasteiger partial charge in [-0.2, -0.15) is 0 Å². The standard InChI is InChI=1S/C21H29N3O3/c1-5-16(6-2)21(25)24-17-8-10-20(23-14-17)22-12-11-15-7-9-18(26-3)19(13-15)27-4/h7-10,13-14,16H,5-6,11-12H2,1-4H3,(H,22,23)(H,24,25). The minimum atomic E-state index is 0.0456. The van der Waals surface area contributed by atoms with Crippen LogP contribution in [0.3, 0.4) is 0 Å². The molecule has 1 aromatic heterocycles. The molecule has 0 spiro atoms. The molecule has 0 fully saturated rings. The van der Waals surface area contributed by atoms with Gasteiger partial charge >= 0.3 is 0 Å². The Labute approximate surface area is 161 Å². The summed E-state index contributed by atoms with van der Waals surface area (Å²) in [7, 11) is 3.26. The normalized spacial score (nSPS) is 10.6. The van der Waals surface area contributed by atoms with Crippen molar-refractivity contribution in [3.63, 3.8) is 0 Å². The Kier molecular flexibility index (Phi) is 7.92. The summed E-state index contributed by atoms with van der Waals surface area (Å²) in [5, 5.41) is 6.21. The lowest BCUT2D eigenvalue weighted by Gasteiger charge is -2.13. The Bertz CT molecular complexity index is 728. The fraction of sp³-hybridized carbons (Fsp3) is 0.429. The third-order valence-electron chi connectivity index (χ3n) is 4.56. The van der Waals surface area contributed by atoms with Gasteiger partial charge in [0.25, 0.3) is 0 Å². The van der Waals surface area contributed by atoms with Crippen molar-refractivity contribution in [2.75, 3.05) is 31.4 Å². The Morgan fingerprint density at radius 2 is 1.81 bits per heavy atom. The van der Waals surface area contributed by atoms with Crippen LogP contribution in [0.25, 0.3) is 0 Å². The number of anilines is 2. The minimum Gasteiger partial charge on any atom is -0.493 e. The Morgan fingerprint density at radius 1 is 1.07 bits per heavy atom. The van der Waals surface area contributed by atoms with Gasteiger partial charge in [0.05, 0.1) is 26.1 Å². The van der Waals surface area contributed by atoms with Crippen LogP contribution >= 0.6 is 0 Å². The molecule has 0 atom stereocenters. The number of hydrogen-bond donors (Lipinski definition) is 2. The van der Waals surface area contributed by atoms with E-state index < -0.39 is 0 Å². The predicted octanol–water partition coefficient (Wildman–Crippen LogP) is 4.13. The van der Waals surface area contributed by atoms with Crippen molar-refractivity contribution in [3.05, 3.63) is 42.1 Å². The van der Waals surface area contributed by atoms with Gasteiger partial charge in [0.1, 0.15) is 5.82 Å². The fourth-order valence-corrected chi connectivity index (χ4v) is 2.85. The predicted molar refractivity (Wildman–Crippen MR) is 109 cm³/mol. The fourth-order valence-electron chi connectivity index (χ4n) is 2.85. The van der Waals surface area contributed by atoms with Crippen LogP contribution in [0.2, 0.25) is 0 Å². The molecule has 0 aliphatic heterocycles. The van der Waals surface area contributed by atoms with Crippen molar-refractivity contribution in [3.8, 4) is 11.5 Å². The van der Waals surface area contributed by atoms with Crippen LogP contribution in [0.1, 0.15) is 32.3 Å². The topological polar surface area (TPSA) is 72.5 Å². The van der Waals surface area contributed by atoms with Gasteiger partial charge in [-0.05, 0) is 49.1 Å². The van der Waals surface area contributed by atoms with E-state index in [1.807, 2.05) is 44.2 Å². The highest BCUT2D eigenvalue weighted by Gasteiger charge is 2.14. The maximum Gasteiger partial charge on any atom is 0.227 e. The molecule has 6 heteroatoms. The average molecular weight is 371 g/mol. The second-order valence-electron chi connectivity index (χ2n) is 6.30. The molecule has 27 heavy (non-hydrogen) atoms. The number of ether oxygens (including phenoxy) is 2. The SMILES string of the molecule is CCC(CC)C(=O)Nc1ccc(NCCc2ccc(OC)c(OC)c2)nc1. The number of methoxy groups -OCH3 is 2. The van der Waals surface area contributed by atoms with E-state index >= 15 is 0 Å². The second-order valence-corrected chi connectivity index (χ2v) is 6.30. The summed E-state index contributed by atoms with van der Waals surface area (Å²) in [6.45, 7) is 4.79. The zero-order valence-electron chi connectivity index (χ0n) is 16.5. The lowest BCUT2D eigenvalue weighted by molar-refractivity contribution is -0.120. The summed E-state index contributed by atoms with van der Waals surface area (Å²) in [4.78, 5) is 16.5. The number of benzene rings is 1. The molecule has 0 saturated carbocycles. The van der Waals surface area contributed by atoms with Gasteiger partial charge in [0.15, 0.2) is 11.5 Å². The first-order valence-electron chi connectivity index (χ1n) is 9.32. The number of pyridine rings is 1. The number of hydrogen-bond acceptors (Lipinski definition) is 5. The summed E-state index contributed by atoms with van der Waals surface area (Å²) >= 11 is 0. The van der Waals surface area contributed by atoms with E-state index in [0.29, 0.717) is 0 Å². The first-order valence-corrected chi connectivity index (χ1v) is 9.32. The number of nitrogens with one attached hydrogen (secondary N) is 2. The van der Waals surface area contributed by atoms with Crippen LogP contribution < -0.4 is 20.1 Å². The molecule has 146 valence electrons. The Morgan fingerprint density at radius 3 is 2.41 bits per heavy atom. The maximum absolute atomic E-state index is 12.1. The van der Waals surface area contributed by atoms with Crippen molar-refractivity contribution in [2.24, 2.45) is 5.92 Å². The molecular weight excluding hydrogens is 342 g/mol.